The minimum atomic E-state index is -3.59. The Morgan fingerprint density at radius 2 is 1.85 bits per heavy atom. The maximum Gasteiger partial charge on any atom is 0.293 e. The van der Waals surface area contributed by atoms with E-state index in [1.54, 1.807) is 18.2 Å². The number of rotatable bonds is 5. The average Bonchev–Trinajstić information content (AvgIpc) is 3.24. The number of amides is 1. The molecule has 9 heteroatoms. The van der Waals surface area contributed by atoms with Crippen molar-refractivity contribution in [1.82, 2.24) is 10.2 Å². The highest BCUT2D eigenvalue weighted by Crippen LogP contribution is 2.28. The summed E-state index contributed by atoms with van der Waals surface area (Å²) >= 11 is 1.27. The zero-order valence-corrected chi connectivity index (χ0v) is 16.7. The van der Waals surface area contributed by atoms with Gasteiger partial charge in [0, 0.05) is 11.0 Å². The van der Waals surface area contributed by atoms with Crippen LogP contribution in [0.25, 0.3) is 0 Å². The first-order valence-electron chi connectivity index (χ1n) is 8.16. The van der Waals surface area contributed by atoms with E-state index in [9.17, 15) is 13.2 Å². The number of hydrogen-bond donors (Lipinski definition) is 1. The van der Waals surface area contributed by atoms with E-state index in [1.807, 2.05) is 20.8 Å². The molecule has 0 bridgehead atoms. The fourth-order valence-electron chi connectivity index (χ4n) is 2.30. The van der Waals surface area contributed by atoms with Gasteiger partial charge in [0.05, 0.1) is 16.9 Å². The van der Waals surface area contributed by atoms with E-state index in [4.69, 9.17) is 4.42 Å². The van der Waals surface area contributed by atoms with Crippen molar-refractivity contribution in [2.45, 2.75) is 36.8 Å². The van der Waals surface area contributed by atoms with Gasteiger partial charge in [-0.05, 0) is 18.2 Å². The number of benzene rings is 1. The third-order valence-electron chi connectivity index (χ3n) is 3.69. The zero-order chi connectivity index (χ0) is 19.7. The van der Waals surface area contributed by atoms with Crippen LogP contribution in [-0.4, -0.2) is 24.5 Å². The van der Waals surface area contributed by atoms with Gasteiger partial charge in [-0.25, -0.2) is 8.42 Å². The molecule has 1 aromatic carbocycles. The molecular weight excluding hydrogens is 386 g/mol. The normalized spacial score (nSPS) is 12.1. The number of nitrogens with zero attached hydrogens (tertiary/aromatic N) is 2. The second-order valence-electron chi connectivity index (χ2n) is 6.96. The Hall–Kier alpha value is -2.52. The van der Waals surface area contributed by atoms with E-state index >= 15 is 0 Å². The van der Waals surface area contributed by atoms with Gasteiger partial charge in [0.15, 0.2) is 15.6 Å². The van der Waals surface area contributed by atoms with Crippen LogP contribution in [0.3, 0.4) is 0 Å². The SMILES string of the molecule is CC(C)(C)c1nnc(NC(=O)c2occc2CS(=O)(=O)c2ccccc2)s1. The van der Waals surface area contributed by atoms with Crippen molar-refractivity contribution in [3.8, 4) is 0 Å². The van der Waals surface area contributed by atoms with Crippen LogP contribution < -0.4 is 5.32 Å². The maximum absolute atomic E-state index is 12.6. The fourth-order valence-corrected chi connectivity index (χ4v) is 4.47. The Kier molecular flexibility index (Phi) is 5.16. The molecule has 1 N–H and O–H groups in total. The largest absolute Gasteiger partial charge is 0.459 e. The molecule has 27 heavy (non-hydrogen) atoms. The highest BCUT2D eigenvalue weighted by molar-refractivity contribution is 7.90. The van der Waals surface area contributed by atoms with Crippen LogP contribution in [0.1, 0.15) is 41.9 Å². The lowest BCUT2D eigenvalue weighted by atomic mass is 9.98. The van der Waals surface area contributed by atoms with E-state index < -0.39 is 15.7 Å². The third-order valence-corrected chi connectivity index (χ3v) is 6.63. The predicted octanol–water partition coefficient (Wildman–Crippen LogP) is 3.65. The summed E-state index contributed by atoms with van der Waals surface area (Å²) in [5, 5.41) is 11.8. The topological polar surface area (TPSA) is 102 Å². The Bertz CT molecular complexity index is 1050. The molecular formula is C18H19N3O4S2. The minimum Gasteiger partial charge on any atom is -0.459 e. The molecule has 0 aliphatic carbocycles. The lowest BCUT2D eigenvalue weighted by molar-refractivity contribution is 0.0995. The molecule has 2 heterocycles. The molecule has 1 amide bonds. The molecule has 7 nitrogen and oxygen atoms in total. The third kappa shape index (κ3) is 4.42. The molecule has 0 spiro atoms. The van der Waals surface area contributed by atoms with Crippen molar-refractivity contribution in [1.29, 1.82) is 0 Å². The van der Waals surface area contributed by atoms with Gasteiger partial charge in [-0.3, -0.25) is 10.1 Å². The van der Waals surface area contributed by atoms with Crippen LogP contribution in [0.2, 0.25) is 0 Å². The Morgan fingerprint density at radius 1 is 1.15 bits per heavy atom. The number of nitrogens with one attached hydrogen (secondary N) is 1. The van der Waals surface area contributed by atoms with Crippen LogP contribution in [0.5, 0.6) is 0 Å². The van der Waals surface area contributed by atoms with Crippen LogP contribution in [0.4, 0.5) is 5.13 Å². The monoisotopic (exact) mass is 405 g/mol. The second kappa shape index (κ2) is 7.24. The van der Waals surface area contributed by atoms with E-state index in [-0.39, 0.29) is 27.4 Å². The van der Waals surface area contributed by atoms with Gasteiger partial charge in [-0.1, -0.05) is 50.3 Å². The van der Waals surface area contributed by atoms with Gasteiger partial charge in [-0.2, -0.15) is 0 Å². The number of hydrogen-bond acceptors (Lipinski definition) is 7. The van der Waals surface area contributed by atoms with Crippen molar-refractivity contribution in [3.05, 3.63) is 59.0 Å². The number of carbonyl (C=O) groups is 1. The molecule has 0 saturated heterocycles. The van der Waals surface area contributed by atoms with Gasteiger partial charge >= 0.3 is 0 Å². The van der Waals surface area contributed by atoms with Crippen LogP contribution >= 0.6 is 11.3 Å². The first-order chi connectivity index (χ1) is 12.7. The molecule has 0 saturated carbocycles. The standard InChI is InChI=1S/C18H19N3O4S2/c1-18(2,3)16-20-21-17(26-16)19-15(22)14-12(9-10-25-14)11-27(23,24)13-7-5-4-6-8-13/h4-10H,11H2,1-3H3,(H,19,21,22). The van der Waals surface area contributed by atoms with Crippen molar-refractivity contribution in [3.63, 3.8) is 0 Å². The first kappa shape index (κ1) is 19.2. The molecule has 0 atom stereocenters. The van der Waals surface area contributed by atoms with Crippen LogP contribution in [-0.2, 0) is 21.0 Å². The van der Waals surface area contributed by atoms with Gasteiger partial charge in [0.2, 0.25) is 5.13 Å². The van der Waals surface area contributed by atoms with Gasteiger partial charge in [-0.15, -0.1) is 10.2 Å². The van der Waals surface area contributed by atoms with Crippen LogP contribution in [0, 0.1) is 0 Å². The summed E-state index contributed by atoms with van der Waals surface area (Å²) < 4.78 is 30.3. The van der Waals surface area contributed by atoms with Crippen LogP contribution in [0.15, 0.2) is 52.0 Å². The number of sulfone groups is 1. The molecule has 2 aromatic heterocycles. The molecule has 0 fully saturated rings. The molecule has 142 valence electrons. The highest BCUT2D eigenvalue weighted by atomic mass is 32.2. The predicted molar refractivity (Wildman–Crippen MR) is 103 cm³/mol. The van der Waals surface area contributed by atoms with Crippen molar-refractivity contribution in [2.24, 2.45) is 0 Å². The first-order valence-corrected chi connectivity index (χ1v) is 10.6. The fraction of sp³-hybridized carbons (Fsp3) is 0.278. The Labute approximate surface area is 161 Å². The lowest BCUT2D eigenvalue weighted by Gasteiger charge is -2.12. The van der Waals surface area contributed by atoms with Gasteiger partial charge < -0.3 is 4.42 Å². The van der Waals surface area contributed by atoms with E-state index in [0.717, 1.165) is 5.01 Å². The second-order valence-corrected chi connectivity index (χ2v) is 9.93. The van der Waals surface area contributed by atoms with E-state index in [1.165, 1.54) is 35.8 Å². The summed E-state index contributed by atoms with van der Waals surface area (Å²) in [5.74, 6) is -0.948. The quantitative estimate of drug-likeness (QED) is 0.695. The molecule has 0 unspecified atom stereocenters. The summed E-state index contributed by atoms with van der Waals surface area (Å²) in [5.41, 5.74) is 0.108. The lowest BCUT2D eigenvalue weighted by Crippen LogP contribution is -2.14. The van der Waals surface area contributed by atoms with E-state index in [2.05, 4.69) is 15.5 Å². The number of anilines is 1. The smallest absolute Gasteiger partial charge is 0.293 e. The van der Waals surface area contributed by atoms with Crippen molar-refractivity contribution >= 4 is 32.2 Å². The molecule has 0 radical (unpaired) electrons. The molecule has 3 aromatic rings. The Balaban J connectivity index is 1.78. The summed E-state index contributed by atoms with van der Waals surface area (Å²) in [6.45, 7) is 5.99. The van der Waals surface area contributed by atoms with Gasteiger partial charge in [0.1, 0.15) is 5.01 Å². The van der Waals surface area contributed by atoms with Gasteiger partial charge in [0.25, 0.3) is 5.91 Å². The molecule has 0 aliphatic rings. The maximum atomic E-state index is 12.6. The zero-order valence-electron chi connectivity index (χ0n) is 15.1. The summed E-state index contributed by atoms with van der Waals surface area (Å²) in [7, 11) is -3.59. The summed E-state index contributed by atoms with van der Waals surface area (Å²) in [6.07, 6.45) is 1.30. The number of furan rings is 1. The molecule has 3 rings (SSSR count). The van der Waals surface area contributed by atoms with Crippen molar-refractivity contribution in [2.75, 3.05) is 5.32 Å². The number of aromatic nitrogens is 2. The minimum absolute atomic E-state index is 0.0537. The average molecular weight is 406 g/mol. The number of carbonyl (C=O) groups excluding carboxylic acids is 1. The summed E-state index contributed by atoms with van der Waals surface area (Å²) in [6, 6.07) is 9.56. The van der Waals surface area contributed by atoms with Crippen molar-refractivity contribution < 1.29 is 17.6 Å². The molecule has 0 aliphatic heterocycles. The highest BCUT2D eigenvalue weighted by Gasteiger charge is 2.24. The van der Waals surface area contributed by atoms with E-state index in [0.29, 0.717) is 5.13 Å². The summed E-state index contributed by atoms with van der Waals surface area (Å²) in [4.78, 5) is 12.7. The Morgan fingerprint density at radius 3 is 2.48 bits per heavy atom.